The van der Waals surface area contributed by atoms with Crippen LogP contribution in [-0.4, -0.2) is 61.4 Å². The number of nitrogens with zero attached hydrogens (tertiary/aromatic N) is 4. The number of piperidine rings is 1. The highest BCUT2D eigenvalue weighted by Crippen LogP contribution is 2.24. The quantitative estimate of drug-likeness (QED) is 0.842. The van der Waals surface area contributed by atoms with Gasteiger partial charge in [0.2, 0.25) is 5.95 Å². The molecule has 3 aliphatic heterocycles. The van der Waals surface area contributed by atoms with Crippen LogP contribution in [-0.2, 0) is 11.2 Å². The molecule has 4 heterocycles. The molecule has 0 saturated carbocycles. The maximum Gasteiger partial charge on any atom is 0.227 e. The van der Waals surface area contributed by atoms with Crippen LogP contribution in [0.1, 0.15) is 51.1 Å². The zero-order valence-electron chi connectivity index (χ0n) is 16.1. The molecular weight excluding hydrogens is 326 g/mol. The number of aryl methyl sites for hydroxylation is 1. The van der Waals surface area contributed by atoms with Gasteiger partial charge in [-0.15, -0.1) is 0 Å². The van der Waals surface area contributed by atoms with Gasteiger partial charge in [-0.25, -0.2) is 4.98 Å². The summed E-state index contributed by atoms with van der Waals surface area (Å²) in [6, 6.07) is 2.81. The summed E-state index contributed by atoms with van der Waals surface area (Å²) in [6.45, 7) is 8.48. The van der Waals surface area contributed by atoms with Gasteiger partial charge >= 0.3 is 0 Å². The van der Waals surface area contributed by atoms with Crippen LogP contribution in [0.25, 0.3) is 0 Å². The number of ether oxygens (including phenoxy) is 1. The lowest BCUT2D eigenvalue weighted by Gasteiger charge is -2.34. The first-order valence-electron chi connectivity index (χ1n) is 10.5. The van der Waals surface area contributed by atoms with Crippen LogP contribution < -0.4 is 15.1 Å². The van der Waals surface area contributed by atoms with Gasteiger partial charge in [-0.3, -0.25) is 0 Å². The van der Waals surface area contributed by atoms with Crippen molar-refractivity contribution in [3.8, 4) is 0 Å². The smallest absolute Gasteiger partial charge is 0.227 e. The highest BCUT2D eigenvalue weighted by atomic mass is 16.5. The molecule has 26 heavy (non-hydrogen) atoms. The van der Waals surface area contributed by atoms with E-state index in [-0.39, 0.29) is 0 Å². The molecule has 3 fully saturated rings. The molecule has 0 bridgehead atoms. The fraction of sp³-hybridized carbons (Fsp3) is 0.800. The highest BCUT2D eigenvalue weighted by molar-refractivity contribution is 5.47. The zero-order valence-corrected chi connectivity index (χ0v) is 16.1. The lowest BCUT2D eigenvalue weighted by atomic mass is 10.0. The molecule has 3 aliphatic rings. The van der Waals surface area contributed by atoms with E-state index >= 15 is 0 Å². The lowest BCUT2D eigenvalue weighted by molar-refractivity contribution is 0.106. The summed E-state index contributed by atoms with van der Waals surface area (Å²) in [6.07, 6.45) is 8.71. The summed E-state index contributed by atoms with van der Waals surface area (Å²) in [5.41, 5.74) is 1.16. The predicted molar refractivity (Wildman–Crippen MR) is 105 cm³/mol. The maximum atomic E-state index is 5.73. The van der Waals surface area contributed by atoms with E-state index in [1.165, 1.54) is 38.5 Å². The normalized spacial score (nSPS) is 24.6. The van der Waals surface area contributed by atoms with Crippen molar-refractivity contribution in [1.82, 2.24) is 15.3 Å². The van der Waals surface area contributed by atoms with Crippen LogP contribution in [0.3, 0.4) is 0 Å². The van der Waals surface area contributed by atoms with Crippen LogP contribution in [0.4, 0.5) is 11.8 Å². The fourth-order valence-electron chi connectivity index (χ4n) is 4.29. The van der Waals surface area contributed by atoms with Crippen LogP contribution in [0.5, 0.6) is 0 Å². The van der Waals surface area contributed by atoms with E-state index in [2.05, 4.69) is 28.1 Å². The van der Waals surface area contributed by atoms with Crippen LogP contribution in [0.15, 0.2) is 6.07 Å². The van der Waals surface area contributed by atoms with Crippen LogP contribution in [0.2, 0.25) is 0 Å². The van der Waals surface area contributed by atoms with E-state index in [9.17, 15) is 0 Å². The molecule has 1 atom stereocenters. The number of aromatic nitrogens is 2. The Morgan fingerprint density at radius 1 is 1.04 bits per heavy atom. The number of anilines is 2. The second kappa shape index (κ2) is 8.53. The Bertz CT molecular complexity index is 576. The Morgan fingerprint density at radius 2 is 1.85 bits per heavy atom. The Kier molecular flexibility index (Phi) is 5.90. The summed E-state index contributed by atoms with van der Waals surface area (Å²) in [7, 11) is 0. The molecule has 1 aromatic rings. The highest BCUT2D eigenvalue weighted by Gasteiger charge is 2.24. The van der Waals surface area contributed by atoms with Gasteiger partial charge in [-0.2, -0.15) is 4.98 Å². The largest absolute Gasteiger partial charge is 0.377 e. The van der Waals surface area contributed by atoms with Gasteiger partial charge in [0.05, 0.1) is 6.10 Å². The minimum Gasteiger partial charge on any atom is -0.377 e. The SMILES string of the molecule is CCc1cc(N2CCC(NC[C@@H]3CCCO3)CC2)nc(N2CCCC2)n1. The Hall–Kier alpha value is -1.40. The Morgan fingerprint density at radius 3 is 2.54 bits per heavy atom. The first-order valence-corrected chi connectivity index (χ1v) is 10.5. The van der Waals surface area contributed by atoms with E-state index in [1.807, 2.05) is 0 Å². The van der Waals surface area contributed by atoms with Crippen molar-refractivity contribution in [1.29, 1.82) is 0 Å². The van der Waals surface area contributed by atoms with Gasteiger partial charge in [0.15, 0.2) is 0 Å². The minimum absolute atomic E-state index is 0.435. The average Bonchev–Trinajstić information content (AvgIpc) is 3.40. The van der Waals surface area contributed by atoms with Gasteiger partial charge in [0.1, 0.15) is 5.82 Å². The van der Waals surface area contributed by atoms with Crippen molar-refractivity contribution >= 4 is 11.8 Å². The van der Waals surface area contributed by atoms with Crippen LogP contribution >= 0.6 is 0 Å². The molecule has 0 unspecified atom stereocenters. The Balaban J connectivity index is 1.35. The van der Waals surface area contributed by atoms with E-state index in [0.29, 0.717) is 12.1 Å². The van der Waals surface area contributed by atoms with Crippen molar-refractivity contribution in [2.75, 3.05) is 49.1 Å². The van der Waals surface area contributed by atoms with Crippen molar-refractivity contribution in [3.05, 3.63) is 11.8 Å². The molecule has 144 valence electrons. The van der Waals surface area contributed by atoms with E-state index in [1.54, 1.807) is 0 Å². The zero-order chi connectivity index (χ0) is 17.8. The van der Waals surface area contributed by atoms with Gasteiger partial charge in [0, 0.05) is 57.1 Å². The van der Waals surface area contributed by atoms with Crippen molar-refractivity contribution < 1.29 is 4.74 Å². The topological polar surface area (TPSA) is 53.5 Å². The van der Waals surface area contributed by atoms with Crippen molar-refractivity contribution in [2.45, 2.75) is 64.0 Å². The van der Waals surface area contributed by atoms with Crippen LogP contribution in [0, 0.1) is 0 Å². The monoisotopic (exact) mass is 359 g/mol. The lowest BCUT2D eigenvalue weighted by Crippen LogP contribution is -2.45. The third-order valence-corrected chi connectivity index (χ3v) is 5.98. The van der Waals surface area contributed by atoms with Gasteiger partial charge < -0.3 is 19.9 Å². The summed E-state index contributed by atoms with van der Waals surface area (Å²) >= 11 is 0. The molecule has 6 heteroatoms. The average molecular weight is 360 g/mol. The maximum absolute atomic E-state index is 5.73. The molecule has 4 rings (SSSR count). The molecule has 3 saturated heterocycles. The van der Waals surface area contributed by atoms with E-state index in [0.717, 1.165) is 63.2 Å². The van der Waals surface area contributed by atoms with Gasteiger partial charge in [-0.05, 0) is 44.9 Å². The van der Waals surface area contributed by atoms with Crippen molar-refractivity contribution in [2.24, 2.45) is 0 Å². The molecule has 6 nitrogen and oxygen atoms in total. The first kappa shape index (κ1) is 18.0. The molecule has 0 aliphatic carbocycles. The molecule has 0 spiro atoms. The molecule has 1 N–H and O–H groups in total. The summed E-state index contributed by atoms with van der Waals surface area (Å²) in [5, 5.41) is 3.72. The molecule has 1 aromatic heterocycles. The number of rotatable bonds is 6. The van der Waals surface area contributed by atoms with E-state index < -0.39 is 0 Å². The minimum atomic E-state index is 0.435. The fourth-order valence-corrected chi connectivity index (χ4v) is 4.29. The third kappa shape index (κ3) is 4.29. The standard InChI is InChI=1S/C20H33N5O/c1-2-16-14-19(23-20(22-16)25-9-3-4-10-25)24-11-7-17(8-12-24)21-15-18-6-5-13-26-18/h14,17-18,21H,2-13,15H2,1H3/t18-/m0/s1. The summed E-state index contributed by atoms with van der Waals surface area (Å²) in [5.74, 6) is 2.06. The van der Waals surface area contributed by atoms with Crippen molar-refractivity contribution in [3.63, 3.8) is 0 Å². The first-order chi connectivity index (χ1) is 12.8. The molecule has 0 amide bonds. The second-order valence-corrected chi connectivity index (χ2v) is 7.87. The molecule has 0 radical (unpaired) electrons. The van der Waals surface area contributed by atoms with Gasteiger partial charge in [-0.1, -0.05) is 6.92 Å². The molecular formula is C20H33N5O. The van der Waals surface area contributed by atoms with Gasteiger partial charge in [0.25, 0.3) is 0 Å². The summed E-state index contributed by atoms with van der Waals surface area (Å²) < 4.78 is 5.73. The Labute approximate surface area is 157 Å². The number of hydrogen-bond donors (Lipinski definition) is 1. The number of hydrogen-bond acceptors (Lipinski definition) is 6. The van der Waals surface area contributed by atoms with E-state index in [4.69, 9.17) is 14.7 Å². The molecule has 0 aromatic carbocycles. The second-order valence-electron chi connectivity index (χ2n) is 7.87. The predicted octanol–water partition coefficient (Wildman–Crippen LogP) is 2.38. The summed E-state index contributed by atoms with van der Waals surface area (Å²) in [4.78, 5) is 14.5. The number of nitrogens with one attached hydrogen (secondary N) is 1. The third-order valence-electron chi connectivity index (χ3n) is 5.98.